The number of carbonyl (C=O) groups excluding carboxylic acids is 3. The summed E-state index contributed by atoms with van der Waals surface area (Å²) in [4.78, 5) is 55.8. The van der Waals surface area contributed by atoms with Gasteiger partial charge in [0.15, 0.2) is 0 Å². The molecule has 2 fully saturated rings. The number of ether oxygens (including phenoxy) is 1. The first kappa shape index (κ1) is 40.5. The summed E-state index contributed by atoms with van der Waals surface area (Å²) in [6, 6.07) is 9.87. The number of hydrogen-bond acceptors (Lipinski definition) is 10. The maximum Gasteiger partial charge on any atom is 0.247 e. The largest absolute Gasteiger partial charge is 0.494 e. The van der Waals surface area contributed by atoms with Crippen LogP contribution in [0.25, 0.3) is 10.9 Å². The Morgan fingerprint density at radius 2 is 1.66 bits per heavy atom. The maximum atomic E-state index is 13.9. The normalized spacial score (nSPS) is 17.6. The molecule has 4 N–H and O–H groups in total. The van der Waals surface area contributed by atoms with Gasteiger partial charge in [0.1, 0.15) is 30.0 Å². The van der Waals surface area contributed by atoms with Crippen molar-refractivity contribution in [3.05, 3.63) is 42.7 Å². The van der Waals surface area contributed by atoms with E-state index in [1.165, 1.54) is 19.1 Å². The molecule has 3 heterocycles. The minimum Gasteiger partial charge on any atom is -0.494 e. The van der Waals surface area contributed by atoms with Crippen molar-refractivity contribution in [3.63, 3.8) is 0 Å². The summed E-state index contributed by atoms with van der Waals surface area (Å²) in [5.74, 6) is 0.147. The number of piperazine rings is 1. The number of anilines is 4. The van der Waals surface area contributed by atoms with Crippen LogP contribution >= 0.6 is 24.8 Å². The number of benzene rings is 2. The van der Waals surface area contributed by atoms with Gasteiger partial charge >= 0.3 is 0 Å². The van der Waals surface area contributed by atoms with E-state index in [2.05, 4.69) is 60.2 Å². The molecule has 3 unspecified atom stereocenters. The second kappa shape index (κ2) is 17.3. The molecule has 2 aliphatic rings. The van der Waals surface area contributed by atoms with Crippen molar-refractivity contribution in [3.8, 4) is 5.75 Å². The van der Waals surface area contributed by atoms with Crippen molar-refractivity contribution >= 4 is 76.3 Å². The molecule has 15 heteroatoms. The molecule has 2 aliphatic heterocycles. The van der Waals surface area contributed by atoms with E-state index in [4.69, 9.17) is 4.74 Å². The predicted molar refractivity (Wildman–Crippen MR) is 203 cm³/mol. The quantitative estimate of drug-likeness (QED) is 0.241. The van der Waals surface area contributed by atoms with Gasteiger partial charge in [0.05, 0.1) is 24.4 Å². The number of likely N-dealkylation sites (tertiary alicyclic amines) is 1. The van der Waals surface area contributed by atoms with Crippen molar-refractivity contribution in [2.24, 2.45) is 5.41 Å². The van der Waals surface area contributed by atoms with Crippen LogP contribution in [0, 0.1) is 5.41 Å². The summed E-state index contributed by atoms with van der Waals surface area (Å²) in [5.41, 5.74) is 2.58. The average Bonchev–Trinajstić information content (AvgIpc) is 3.57. The van der Waals surface area contributed by atoms with Gasteiger partial charge in [-0.25, -0.2) is 9.97 Å². The zero-order chi connectivity index (χ0) is 34.6. The lowest BCUT2D eigenvalue weighted by atomic mass is 9.85. The van der Waals surface area contributed by atoms with Gasteiger partial charge < -0.3 is 40.7 Å². The number of carbonyl (C=O) groups is 3. The highest BCUT2D eigenvalue weighted by Gasteiger charge is 2.42. The monoisotopic (exact) mass is 731 g/mol. The lowest BCUT2D eigenvalue weighted by molar-refractivity contribution is -0.143. The van der Waals surface area contributed by atoms with E-state index in [1.807, 2.05) is 32.9 Å². The van der Waals surface area contributed by atoms with Crippen LogP contribution in [0.3, 0.4) is 0 Å². The molecule has 13 nitrogen and oxygen atoms in total. The molecule has 0 saturated carbocycles. The van der Waals surface area contributed by atoms with E-state index in [-0.39, 0.29) is 42.5 Å². The summed E-state index contributed by atoms with van der Waals surface area (Å²) in [6.45, 7) is 11.9. The number of nitrogens with one attached hydrogen (secondary N) is 4. The molecular weight excluding hydrogens is 681 g/mol. The highest BCUT2D eigenvalue weighted by molar-refractivity contribution is 6.03. The molecule has 0 radical (unpaired) electrons. The lowest BCUT2D eigenvalue weighted by Crippen LogP contribution is -2.59. The third kappa shape index (κ3) is 9.25. The molecular formula is C35H51Cl2N9O4. The summed E-state index contributed by atoms with van der Waals surface area (Å²) in [5, 5.41) is 12.9. The van der Waals surface area contributed by atoms with Gasteiger partial charge in [-0.15, -0.1) is 24.8 Å². The third-order valence-electron chi connectivity index (χ3n) is 9.28. The number of likely N-dealkylation sites (N-methyl/N-ethyl adjacent to an activating group) is 2. The number of fused-ring (bicyclic) bond motifs is 1. The zero-order valence-corrected chi connectivity index (χ0v) is 31.5. The smallest absolute Gasteiger partial charge is 0.247 e. The predicted octanol–water partition coefficient (Wildman–Crippen LogP) is 4.05. The number of nitrogens with zero attached hydrogens (tertiary/aromatic N) is 5. The number of aromatic nitrogens is 2. The van der Waals surface area contributed by atoms with Crippen LogP contribution in [-0.2, 0) is 14.4 Å². The Labute approximate surface area is 307 Å². The second-order valence-electron chi connectivity index (χ2n) is 13.8. The van der Waals surface area contributed by atoms with Crippen LogP contribution in [0.1, 0.15) is 40.5 Å². The number of amides is 3. The Morgan fingerprint density at radius 3 is 2.28 bits per heavy atom. The Bertz CT molecular complexity index is 1630. The summed E-state index contributed by atoms with van der Waals surface area (Å²) >= 11 is 0. The molecule has 3 amide bonds. The fourth-order valence-corrected chi connectivity index (χ4v) is 6.14. The number of halogens is 2. The molecule has 3 atom stereocenters. The molecule has 1 aromatic heterocycles. The first-order valence-corrected chi connectivity index (χ1v) is 16.6. The van der Waals surface area contributed by atoms with Gasteiger partial charge in [-0.1, -0.05) is 20.8 Å². The Balaban J connectivity index is 0.00000338. The Kier molecular flexibility index (Phi) is 14.1. The van der Waals surface area contributed by atoms with Gasteiger partial charge in [0.2, 0.25) is 17.7 Å². The van der Waals surface area contributed by atoms with Crippen molar-refractivity contribution in [2.45, 2.75) is 58.7 Å². The van der Waals surface area contributed by atoms with Gasteiger partial charge in [0.25, 0.3) is 0 Å². The standard InChI is InChI=1S/C35H49N9O4.2ClH/c1-22(36-5)32(45)41-30(35(2,3)4)34(47)44-14-8-9-28(44)33(46)40-27-19-25-26(20-29(27)48-7)37-21-38-31(25)39-23-10-12-24(13-11-23)43-17-15-42(6)16-18-43;;/h10-13,19-22,28,30,36H,8-9,14-18H2,1-7H3,(H,40,46)(H,41,45)(H,37,38,39);2*1H. The van der Waals surface area contributed by atoms with Crippen molar-refractivity contribution in [2.75, 3.05) is 69.5 Å². The molecule has 274 valence electrons. The molecule has 2 aromatic carbocycles. The number of hydrogen-bond donors (Lipinski definition) is 4. The SMILES string of the molecule is CNC(C)C(=O)NC(C(=O)N1CCCC1C(=O)Nc1cc2c(Nc3ccc(N4CCN(C)CC4)cc3)ncnc2cc1OC)C(C)(C)C.Cl.Cl. The molecule has 2 saturated heterocycles. The van der Waals surface area contributed by atoms with Crippen LogP contribution in [-0.4, -0.2) is 110 Å². The van der Waals surface area contributed by atoms with Crippen LogP contribution < -0.4 is 30.9 Å². The van der Waals surface area contributed by atoms with Gasteiger partial charge in [-0.3, -0.25) is 14.4 Å². The summed E-state index contributed by atoms with van der Waals surface area (Å²) in [6.07, 6.45) is 2.67. The zero-order valence-electron chi connectivity index (χ0n) is 29.9. The second-order valence-corrected chi connectivity index (χ2v) is 13.8. The van der Waals surface area contributed by atoms with E-state index in [9.17, 15) is 14.4 Å². The van der Waals surface area contributed by atoms with Crippen molar-refractivity contribution in [1.29, 1.82) is 0 Å². The summed E-state index contributed by atoms with van der Waals surface area (Å²) < 4.78 is 5.65. The summed E-state index contributed by atoms with van der Waals surface area (Å²) in [7, 11) is 5.37. The topological polar surface area (TPSA) is 144 Å². The number of methoxy groups -OCH3 is 1. The van der Waals surface area contributed by atoms with Crippen LogP contribution in [0.2, 0.25) is 0 Å². The van der Waals surface area contributed by atoms with E-state index >= 15 is 0 Å². The van der Waals surface area contributed by atoms with E-state index in [0.717, 1.165) is 31.9 Å². The molecule has 50 heavy (non-hydrogen) atoms. The highest BCUT2D eigenvalue weighted by atomic mass is 35.5. The molecule has 5 rings (SSSR count). The highest BCUT2D eigenvalue weighted by Crippen LogP contribution is 2.34. The van der Waals surface area contributed by atoms with Gasteiger partial charge in [-0.05, 0) is 69.6 Å². The lowest BCUT2D eigenvalue weighted by Gasteiger charge is -2.36. The van der Waals surface area contributed by atoms with E-state index in [0.29, 0.717) is 47.5 Å². The minimum absolute atomic E-state index is 0. The Hall–Kier alpha value is -3.91. The first-order chi connectivity index (χ1) is 22.9. The average molecular weight is 733 g/mol. The van der Waals surface area contributed by atoms with Gasteiger partial charge in [0, 0.05) is 55.6 Å². The Morgan fingerprint density at radius 1 is 0.980 bits per heavy atom. The maximum absolute atomic E-state index is 13.9. The molecule has 0 spiro atoms. The fourth-order valence-electron chi connectivity index (χ4n) is 6.14. The fraction of sp³-hybridized carbons (Fsp3) is 0.514. The van der Waals surface area contributed by atoms with Crippen molar-refractivity contribution in [1.82, 2.24) is 30.4 Å². The van der Waals surface area contributed by atoms with Crippen LogP contribution in [0.5, 0.6) is 5.75 Å². The minimum atomic E-state index is -0.800. The molecule has 0 bridgehead atoms. The van der Waals surface area contributed by atoms with Crippen molar-refractivity contribution < 1.29 is 19.1 Å². The first-order valence-electron chi connectivity index (χ1n) is 16.6. The van der Waals surface area contributed by atoms with Gasteiger partial charge in [-0.2, -0.15) is 0 Å². The van der Waals surface area contributed by atoms with E-state index in [1.54, 1.807) is 31.0 Å². The van der Waals surface area contributed by atoms with E-state index < -0.39 is 23.5 Å². The van der Waals surface area contributed by atoms with Crippen LogP contribution in [0.4, 0.5) is 22.9 Å². The molecule has 0 aliphatic carbocycles. The van der Waals surface area contributed by atoms with Crippen LogP contribution in [0.15, 0.2) is 42.7 Å². The number of rotatable bonds is 10. The third-order valence-corrected chi connectivity index (χ3v) is 9.28. The molecule has 3 aromatic rings.